The Bertz CT molecular complexity index is 330. The smallest absolute Gasteiger partial charge is 0.164 e. The molecule has 74 valence electrons. The van der Waals surface area contributed by atoms with E-state index >= 15 is 0 Å². The SMILES string of the molecule is O=C(CC1CCC1)c1ccc(Cl)nc1. The molecule has 1 heterocycles. The molecule has 0 radical (unpaired) electrons. The number of pyridine rings is 1. The Hall–Kier alpha value is -0.890. The molecule has 0 unspecified atom stereocenters. The van der Waals surface area contributed by atoms with Crippen molar-refractivity contribution in [1.29, 1.82) is 0 Å². The first-order valence-electron chi connectivity index (χ1n) is 4.90. The Kier molecular flexibility index (Phi) is 2.82. The zero-order valence-electron chi connectivity index (χ0n) is 7.87. The number of carbonyl (C=O) groups excluding carboxylic acids is 1. The molecule has 0 atom stereocenters. The molecule has 1 aromatic rings. The van der Waals surface area contributed by atoms with E-state index in [4.69, 9.17) is 11.6 Å². The van der Waals surface area contributed by atoms with Gasteiger partial charge in [0.05, 0.1) is 0 Å². The third-order valence-corrected chi connectivity index (χ3v) is 2.97. The van der Waals surface area contributed by atoms with Gasteiger partial charge in [0, 0.05) is 18.2 Å². The summed E-state index contributed by atoms with van der Waals surface area (Å²) in [6.07, 6.45) is 5.91. The number of nitrogens with zero attached hydrogens (tertiary/aromatic N) is 1. The number of halogens is 1. The van der Waals surface area contributed by atoms with Crippen LogP contribution in [0.4, 0.5) is 0 Å². The molecule has 0 N–H and O–H groups in total. The highest BCUT2D eigenvalue weighted by Crippen LogP contribution is 2.30. The number of Topliss-reactive ketones (excluding diaryl/α,β-unsaturated/α-hetero) is 1. The summed E-state index contributed by atoms with van der Waals surface area (Å²) < 4.78 is 0. The summed E-state index contributed by atoms with van der Waals surface area (Å²) in [6, 6.07) is 3.41. The van der Waals surface area contributed by atoms with Gasteiger partial charge >= 0.3 is 0 Å². The highest BCUT2D eigenvalue weighted by Gasteiger charge is 2.21. The summed E-state index contributed by atoms with van der Waals surface area (Å²) in [5.74, 6) is 0.803. The molecule has 1 aliphatic rings. The van der Waals surface area contributed by atoms with E-state index in [1.165, 1.54) is 19.3 Å². The second-order valence-electron chi connectivity index (χ2n) is 3.79. The lowest BCUT2D eigenvalue weighted by Gasteiger charge is -2.24. The van der Waals surface area contributed by atoms with E-state index in [0.717, 1.165) is 0 Å². The number of hydrogen-bond acceptors (Lipinski definition) is 2. The Morgan fingerprint density at radius 2 is 2.29 bits per heavy atom. The Labute approximate surface area is 88.3 Å². The van der Waals surface area contributed by atoms with Crippen LogP contribution in [0.3, 0.4) is 0 Å². The number of ketones is 1. The van der Waals surface area contributed by atoms with Gasteiger partial charge in [0.2, 0.25) is 0 Å². The predicted molar refractivity (Wildman–Crippen MR) is 55.5 cm³/mol. The molecule has 1 aromatic heterocycles. The van der Waals surface area contributed by atoms with Gasteiger partial charge < -0.3 is 0 Å². The van der Waals surface area contributed by atoms with Gasteiger partial charge in [-0.3, -0.25) is 4.79 Å². The topological polar surface area (TPSA) is 30.0 Å². The van der Waals surface area contributed by atoms with Crippen LogP contribution in [0.25, 0.3) is 0 Å². The van der Waals surface area contributed by atoms with Gasteiger partial charge in [-0.25, -0.2) is 4.98 Å². The molecule has 1 saturated carbocycles. The number of rotatable bonds is 3. The van der Waals surface area contributed by atoms with Gasteiger partial charge in [0.15, 0.2) is 5.78 Å². The van der Waals surface area contributed by atoms with Crippen molar-refractivity contribution >= 4 is 17.4 Å². The van der Waals surface area contributed by atoms with E-state index in [1.54, 1.807) is 18.3 Å². The summed E-state index contributed by atoms with van der Waals surface area (Å²) >= 11 is 5.64. The van der Waals surface area contributed by atoms with Gasteiger partial charge in [-0.2, -0.15) is 0 Å². The fourth-order valence-electron chi connectivity index (χ4n) is 1.62. The van der Waals surface area contributed by atoms with Gasteiger partial charge in [-0.1, -0.05) is 30.9 Å². The molecule has 0 spiro atoms. The van der Waals surface area contributed by atoms with E-state index in [9.17, 15) is 4.79 Å². The molecule has 0 saturated heterocycles. The minimum Gasteiger partial charge on any atom is -0.294 e. The Balaban J connectivity index is 1.99. The summed E-state index contributed by atoms with van der Waals surface area (Å²) in [7, 11) is 0. The van der Waals surface area contributed by atoms with Crippen LogP contribution in [-0.2, 0) is 0 Å². The highest BCUT2D eigenvalue weighted by molar-refractivity contribution is 6.29. The molecule has 1 aliphatic carbocycles. The lowest BCUT2D eigenvalue weighted by Crippen LogP contribution is -2.15. The average Bonchev–Trinajstić information content (AvgIpc) is 2.12. The van der Waals surface area contributed by atoms with Crippen LogP contribution in [0.2, 0.25) is 5.15 Å². The molecule has 1 fully saturated rings. The van der Waals surface area contributed by atoms with Crippen LogP contribution in [0.5, 0.6) is 0 Å². The Morgan fingerprint density at radius 1 is 1.50 bits per heavy atom. The first kappa shape index (κ1) is 9.66. The highest BCUT2D eigenvalue weighted by atomic mass is 35.5. The molecule has 0 aromatic carbocycles. The normalized spacial score (nSPS) is 16.4. The number of aromatic nitrogens is 1. The number of hydrogen-bond donors (Lipinski definition) is 0. The standard InChI is InChI=1S/C11H12ClNO/c12-11-5-4-9(7-13-11)10(14)6-8-2-1-3-8/h4-5,7-8H,1-3,6H2. The van der Waals surface area contributed by atoms with Crippen LogP contribution < -0.4 is 0 Å². The zero-order chi connectivity index (χ0) is 9.97. The third-order valence-electron chi connectivity index (χ3n) is 2.75. The maximum atomic E-state index is 11.7. The van der Waals surface area contributed by atoms with Gasteiger partial charge in [0.1, 0.15) is 5.15 Å². The van der Waals surface area contributed by atoms with Crippen molar-refractivity contribution in [2.24, 2.45) is 5.92 Å². The van der Waals surface area contributed by atoms with Crippen LogP contribution in [-0.4, -0.2) is 10.8 Å². The summed E-state index contributed by atoms with van der Waals surface area (Å²) in [5, 5.41) is 0.435. The van der Waals surface area contributed by atoms with Crippen LogP contribution >= 0.6 is 11.6 Å². The van der Waals surface area contributed by atoms with Crippen LogP contribution in [0, 0.1) is 5.92 Å². The molecule has 2 nitrogen and oxygen atoms in total. The zero-order valence-corrected chi connectivity index (χ0v) is 8.63. The summed E-state index contributed by atoms with van der Waals surface area (Å²) in [5.41, 5.74) is 0.682. The molecular formula is C11H12ClNO. The summed E-state index contributed by atoms with van der Waals surface area (Å²) in [6.45, 7) is 0. The second kappa shape index (κ2) is 4.09. The lowest BCUT2D eigenvalue weighted by atomic mass is 9.81. The lowest BCUT2D eigenvalue weighted by molar-refractivity contribution is 0.0936. The first-order valence-corrected chi connectivity index (χ1v) is 5.28. The molecule has 0 amide bonds. The van der Waals surface area contributed by atoms with Crippen LogP contribution in [0.15, 0.2) is 18.3 Å². The van der Waals surface area contributed by atoms with Crippen molar-refractivity contribution in [3.8, 4) is 0 Å². The molecule has 14 heavy (non-hydrogen) atoms. The van der Waals surface area contributed by atoms with Crippen molar-refractivity contribution in [2.75, 3.05) is 0 Å². The summed E-state index contributed by atoms with van der Waals surface area (Å²) in [4.78, 5) is 15.6. The van der Waals surface area contributed by atoms with Crippen LogP contribution in [0.1, 0.15) is 36.0 Å². The van der Waals surface area contributed by atoms with Gasteiger partial charge in [-0.15, -0.1) is 0 Å². The van der Waals surface area contributed by atoms with E-state index < -0.39 is 0 Å². The minimum atomic E-state index is 0.193. The fraction of sp³-hybridized carbons (Fsp3) is 0.455. The maximum absolute atomic E-state index is 11.7. The minimum absolute atomic E-state index is 0.193. The van der Waals surface area contributed by atoms with Gasteiger partial charge in [0.25, 0.3) is 0 Å². The first-order chi connectivity index (χ1) is 6.75. The van der Waals surface area contributed by atoms with E-state index in [1.807, 2.05) is 0 Å². The molecule has 3 heteroatoms. The molecule has 2 rings (SSSR count). The Morgan fingerprint density at radius 3 is 2.79 bits per heavy atom. The van der Waals surface area contributed by atoms with Crippen molar-refractivity contribution < 1.29 is 4.79 Å². The fourth-order valence-corrected chi connectivity index (χ4v) is 1.73. The quantitative estimate of drug-likeness (QED) is 0.566. The largest absolute Gasteiger partial charge is 0.294 e. The molecule has 0 bridgehead atoms. The van der Waals surface area contributed by atoms with Gasteiger partial charge in [-0.05, 0) is 18.1 Å². The average molecular weight is 210 g/mol. The van der Waals surface area contributed by atoms with Crippen molar-refractivity contribution in [3.05, 3.63) is 29.0 Å². The molecular weight excluding hydrogens is 198 g/mol. The predicted octanol–water partition coefficient (Wildman–Crippen LogP) is 3.11. The molecule has 0 aliphatic heterocycles. The monoisotopic (exact) mass is 209 g/mol. The second-order valence-corrected chi connectivity index (χ2v) is 4.18. The maximum Gasteiger partial charge on any atom is 0.164 e. The van der Waals surface area contributed by atoms with E-state index in [0.29, 0.717) is 23.1 Å². The van der Waals surface area contributed by atoms with Crippen molar-refractivity contribution in [2.45, 2.75) is 25.7 Å². The third kappa shape index (κ3) is 2.13. The van der Waals surface area contributed by atoms with E-state index in [-0.39, 0.29) is 5.78 Å². The van der Waals surface area contributed by atoms with Crippen molar-refractivity contribution in [1.82, 2.24) is 4.98 Å². The number of carbonyl (C=O) groups is 1. The van der Waals surface area contributed by atoms with Crippen molar-refractivity contribution in [3.63, 3.8) is 0 Å². The van der Waals surface area contributed by atoms with E-state index in [2.05, 4.69) is 4.98 Å².